The molecule has 0 aliphatic carbocycles. The first-order valence-corrected chi connectivity index (χ1v) is 12.1. The number of pyridine rings is 2. The molecule has 2 aliphatic rings. The van der Waals surface area contributed by atoms with Gasteiger partial charge < -0.3 is 4.74 Å². The van der Waals surface area contributed by atoms with E-state index in [1.54, 1.807) is 0 Å². The standard InChI is InChI=1S/C29H28F3N3O/c1-4-19-12-13-25-27(21-10-6-5-9-20(21)24-11-7-8-14-34(24)25)17(2)35-26(22(19)16-36-18(3)33)15-23(30)28(31)29(35)32/h5-11,14-15,25,27,33H,2,4,12-13,16H2,1,3H3/q+2/b22-19-,33-18?. The van der Waals surface area contributed by atoms with Crippen LogP contribution in [0.5, 0.6) is 0 Å². The number of benzene rings is 1. The van der Waals surface area contributed by atoms with Crippen LogP contribution in [-0.2, 0) is 4.74 Å². The largest absolute Gasteiger partial charge is 0.476 e. The fourth-order valence-electron chi connectivity index (χ4n) is 5.64. The quantitative estimate of drug-likeness (QED) is 0.204. The molecule has 7 heteroatoms. The first kappa shape index (κ1) is 24.0. The first-order valence-electron chi connectivity index (χ1n) is 12.1. The number of nitrogens with zero attached hydrogens (tertiary/aromatic N) is 2. The van der Waals surface area contributed by atoms with E-state index in [1.807, 2.05) is 49.5 Å². The van der Waals surface area contributed by atoms with Crippen molar-refractivity contribution in [2.24, 2.45) is 0 Å². The van der Waals surface area contributed by atoms with Crippen LogP contribution in [0.25, 0.3) is 22.5 Å². The second-order valence-corrected chi connectivity index (χ2v) is 9.25. The van der Waals surface area contributed by atoms with Gasteiger partial charge in [-0.3, -0.25) is 5.41 Å². The third-order valence-electron chi connectivity index (χ3n) is 7.28. The maximum absolute atomic E-state index is 15.6. The molecule has 3 aromatic rings. The molecule has 4 heterocycles. The van der Waals surface area contributed by atoms with Crippen LogP contribution in [0.1, 0.15) is 56.3 Å². The van der Waals surface area contributed by atoms with E-state index in [1.165, 1.54) is 6.92 Å². The zero-order valence-corrected chi connectivity index (χ0v) is 20.3. The Labute approximate surface area is 208 Å². The fraction of sp³-hybridized carbons (Fsp3) is 0.276. The van der Waals surface area contributed by atoms with Gasteiger partial charge in [0.15, 0.2) is 29.7 Å². The van der Waals surface area contributed by atoms with Crippen molar-refractivity contribution in [1.29, 1.82) is 5.41 Å². The molecule has 4 nitrogen and oxygen atoms in total. The molecule has 0 saturated heterocycles. The molecular formula is C29H28F3N3O+2. The van der Waals surface area contributed by atoms with Crippen LogP contribution >= 0.6 is 0 Å². The number of fused-ring (bicyclic) bond motifs is 7. The van der Waals surface area contributed by atoms with Crippen LogP contribution in [0, 0.1) is 23.0 Å². The Morgan fingerprint density at radius 2 is 1.86 bits per heavy atom. The van der Waals surface area contributed by atoms with Crippen molar-refractivity contribution >= 4 is 17.2 Å². The number of allylic oxidation sites excluding steroid dienone is 2. The van der Waals surface area contributed by atoms with Crippen LogP contribution < -0.4 is 9.13 Å². The molecule has 0 bridgehead atoms. The highest BCUT2D eigenvalue weighted by Crippen LogP contribution is 2.45. The molecule has 5 rings (SSSR count). The third kappa shape index (κ3) is 3.83. The Morgan fingerprint density at radius 1 is 1.11 bits per heavy atom. The first-order chi connectivity index (χ1) is 17.3. The van der Waals surface area contributed by atoms with Gasteiger partial charge in [0.05, 0.1) is 17.2 Å². The van der Waals surface area contributed by atoms with E-state index in [9.17, 15) is 8.78 Å². The van der Waals surface area contributed by atoms with Gasteiger partial charge in [-0.25, -0.2) is 4.39 Å². The fourth-order valence-corrected chi connectivity index (χ4v) is 5.64. The molecule has 0 saturated carbocycles. The summed E-state index contributed by atoms with van der Waals surface area (Å²) in [4.78, 5) is 0. The van der Waals surface area contributed by atoms with Gasteiger partial charge in [-0.05, 0) is 37.1 Å². The maximum atomic E-state index is 15.6. The van der Waals surface area contributed by atoms with Gasteiger partial charge in [-0.15, -0.1) is 8.96 Å². The molecular weight excluding hydrogens is 463 g/mol. The maximum Gasteiger partial charge on any atom is 0.405 e. The number of aromatic nitrogens is 2. The van der Waals surface area contributed by atoms with Crippen LogP contribution in [-0.4, -0.2) is 12.5 Å². The molecule has 2 aliphatic heterocycles. The van der Waals surface area contributed by atoms with Gasteiger partial charge in [0.25, 0.3) is 5.82 Å². The van der Waals surface area contributed by atoms with Crippen molar-refractivity contribution in [3.05, 3.63) is 95.7 Å². The van der Waals surface area contributed by atoms with E-state index >= 15 is 4.39 Å². The summed E-state index contributed by atoms with van der Waals surface area (Å²) in [6.45, 7) is 7.71. The van der Waals surface area contributed by atoms with E-state index < -0.39 is 17.6 Å². The molecule has 36 heavy (non-hydrogen) atoms. The molecule has 0 amide bonds. The van der Waals surface area contributed by atoms with Gasteiger partial charge in [-0.1, -0.05) is 30.7 Å². The summed E-state index contributed by atoms with van der Waals surface area (Å²) < 4.78 is 53.8. The minimum atomic E-state index is -1.55. The van der Waals surface area contributed by atoms with Crippen molar-refractivity contribution < 1.29 is 27.0 Å². The lowest BCUT2D eigenvalue weighted by atomic mass is 9.79. The predicted octanol–water partition coefficient (Wildman–Crippen LogP) is 6.13. The van der Waals surface area contributed by atoms with Crippen molar-refractivity contribution in [2.45, 2.75) is 45.1 Å². The monoisotopic (exact) mass is 491 g/mol. The van der Waals surface area contributed by atoms with Crippen molar-refractivity contribution in [3.8, 4) is 11.3 Å². The molecule has 2 unspecified atom stereocenters. The number of ether oxygens (including phenoxy) is 1. The molecule has 184 valence electrons. The Bertz CT molecular complexity index is 1430. The lowest BCUT2D eigenvalue weighted by molar-refractivity contribution is -0.721. The normalized spacial score (nSPS) is 20.8. The van der Waals surface area contributed by atoms with Crippen LogP contribution in [0.2, 0.25) is 0 Å². The second kappa shape index (κ2) is 9.37. The van der Waals surface area contributed by atoms with E-state index in [-0.39, 0.29) is 30.2 Å². The Balaban J connectivity index is 1.82. The van der Waals surface area contributed by atoms with E-state index in [2.05, 4.69) is 17.2 Å². The Hall–Kier alpha value is -3.74. The lowest BCUT2D eigenvalue weighted by Crippen LogP contribution is -2.52. The second-order valence-electron chi connectivity index (χ2n) is 9.25. The van der Waals surface area contributed by atoms with Crippen molar-refractivity contribution in [3.63, 3.8) is 0 Å². The minimum absolute atomic E-state index is 0.0154. The van der Waals surface area contributed by atoms with Crippen molar-refractivity contribution in [2.75, 3.05) is 6.61 Å². The van der Waals surface area contributed by atoms with E-state index in [0.717, 1.165) is 33.0 Å². The number of nitrogens with one attached hydrogen (secondary N) is 1. The molecule has 2 aromatic heterocycles. The average Bonchev–Trinajstić information content (AvgIpc) is 2.92. The molecule has 1 N–H and O–H groups in total. The predicted molar refractivity (Wildman–Crippen MR) is 131 cm³/mol. The van der Waals surface area contributed by atoms with Gasteiger partial charge >= 0.3 is 5.95 Å². The molecule has 0 radical (unpaired) electrons. The number of hydrogen-bond donors (Lipinski definition) is 1. The highest BCUT2D eigenvalue weighted by Gasteiger charge is 2.47. The van der Waals surface area contributed by atoms with Gasteiger partial charge in [0.2, 0.25) is 11.4 Å². The van der Waals surface area contributed by atoms with Crippen molar-refractivity contribution in [1.82, 2.24) is 0 Å². The molecule has 1 aromatic carbocycles. The highest BCUT2D eigenvalue weighted by molar-refractivity contribution is 5.74. The Kier molecular flexibility index (Phi) is 6.24. The van der Waals surface area contributed by atoms with Crippen LogP contribution in [0.15, 0.2) is 66.9 Å². The number of halogens is 3. The zero-order chi connectivity index (χ0) is 25.6. The highest BCUT2D eigenvalue weighted by atomic mass is 19.2. The summed E-state index contributed by atoms with van der Waals surface area (Å²) in [6.07, 6.45) is 3.98. The topological polar surface area (TPSA) is 40.8 Å². The van der Waals surface area contributed by atoms with E-state index in [0.29, 0.717) is 30.5 Å². The van der Waals surface area contributed by atoms with Gasteiger partial charge in [-0.2, -0.15) is 8.96 Å². The summed E-state index contributed by atoms with van der Waals surface area (Å²) in [5.74, 6) is -4.54. The Morgan fingerprint density at radius 3 is 2.61 bits per heavy atom. The molecule has 0 spiro atoms. The average molecular weight is 492 g/mol. The summed E-state index contributed by atoms with van der Waals surface area (Å²) >= 11 is 0. The van der Waals surface area contributed by atoms with Gasteiger partial charge in [0, 0.05) is 25.5 Å². The number of hydrogen-bond acceptors (Lipinski definition) is 2. The summed E-state index contributed by atoms with van der Waals surface area (Å²) in [5, 5.41) is 7.73. The smallest absolute Gasteiger partial charge is 0.405 e. The van der Waals surface area contributed by atoms with Crippen LogP contribution in [0.4, 0.5) is 13.2 Å². The summed E-state index contributed by atoms with van der Waals surface area (Å²) in [6, 6.07) is 14.8. The third-order valence-corrected chi connectivity index (χ3v) is 7.28. The number of rotatable bonds is 3. The molecule has 0 fully saturated rings. The van der Waals surface area contributed by atoms with E-state index in [4.69, 9.17) is 10.1 Å². The summed E-state index contributed by atoms with van der Waals surface area (Å²) in [7, 11) is 0. The molecule has 2 atom stereocenters. The zero-order valence-electron chi connectivity index (χ0n) is 20.3. The SMILES string of the molecule is C=C1C2c3ccccc3-c3cccc[n+]3C2CC/C(CC)=C(/COC(C)=N)c2cc(F)c(F)c(F)[n+]21. The lowest BCUT2D eigenvalue weighted by Gasteiger charge is -2.29. The van der Waals surface area contributed by atoms with Gasteiger partial charge in [0.1, 0.15) is 12.5 Å². The summed E-state index contributed by atoms with van der Waals surface area (Å²) in [5.41, 5.74) is 4.99. The minimum Gasteiger partial charge on any atom is -0.476 e. The van der Waals surface area contributed by atoms with Crippen LogP contribution in [0.3, 0.4) is 0 Å².